The molecule has 2 heterocycles. The number of nitrogens with one attached hydrogen (secondary N) is 1. The average Bonchev–Trinajstić information content (AvgIpc) is 2.41. The van der Waals surface area contributed by atoms with Crippen molar-refractivity contribution in [3.05, 3.63) is 36.6 Å². The molecule has 2 aliphatic heterocycles. The van der Waals surface area contributed by atoms with Crippen molar-refractivity contribution in [2.45, 2.75) is 39.3 Å². The molecule has 0 amide bonds. The third kappa shape index (κ3) is 3.24. The van der Waals surface area contributed by atoms with E-state index in [9.17, 15) is 0 Å². The molecule has 0 radical (unpaired) electrons. The van der Waals surface area contributed by atoms with Gasteiger partial charge in [0.25, 0.3) is 0 Å². The van der Waals surface area contributed by atoms with Gasteiger partial charge in [-0.05, 0) is 26.1 Å². The Labute approximate surface area is 111 Å². The minimum atomic E-state index is -0.0200. The Morgan fingerprint density at radius 2 is 1.94 bits per heavy atom. The van der Waals surface area contributed by atoms with Gasteiger partial charge in [0.15, 0.2) is 0 Å². The Morgan fingerprint density at radius 3 is 2.44 bits per heavy atom. The highest BCUT2D eigenvalue weighted by atomic mass is 16.6. The highest BCUT2D eigenvalue weighted by Crippen LogP contribution is 2.38. The minimum Gasteiger partial charge on any atom is -0.335 e. The number of ether oxygens (including phenoxy) is 1. The van der Waals surface area contributed by atoms with Crippen LogP contribution in [0.25, 0.3) is 0 Å². The van der Waals surface area contributed by atoms with Gasteiger partial charge >= 0.3 is 0 Å². The van der Waals surface area contributed by atoms with Crippen LogP contribution in [0.3, 0.4) is 0 Å². The first-order valence-corrected chi connectivity index (χ1v) is 6.87. The van der Waals surface area contributed by atoms with Crippen LogP contribution in [0, 0.1) is 0 Å². The molecule has 3 heteroatoms. The van der Waals surface area contributed by atoms with Crippen LogP contribution in [0.4, 0.5) is 0 Å². The number of nitrogens with zero attached hydrogens (tertiary/aromatic N) is 1. The standard InChI is InChI=1S/C13H20N2O.C2H6/c1-3-4-5-6-12(2)15-11-16-13(15)7-9-14-10-8-13;1-2/h3-6,14H,1,7-11H2,2H3;1-2H3/b5-4-,12-6+;. The van der Waals surface area contributed by atoms with E-state index in [2.05, 4.69) is 29.8 Å². The molecule has 1 N–H and O–H groups in total. The summed E-state index contributed by atoms with van der Waals surface area (Å²) in [6, 6.07) is 0. The summed E-state index contributed by atoms with van der Waals surface area (Å²) in [7, 11) is 0. The molecule has 0 aromatic rings. The van der Waals surface area contributed by atoms with Gasteiger partial charge in [-0.1, -0.05) is 38.7 Å². The molecule has 2 rings (SSSR count). The molecule has 3 nitrogen and oxygen atoms in total. The van der Waals surface area contributed by atoms with E-state index in [0.29, 0.717) is 0 Å². The molecule has 0 unspecified atom stereocenters. The number of rotatable bonds is 3. The highest BCUT2D eigenvalue weighted by molar-refractivity contribution is 5.16. The lowest BCUT2D eigenvalue weighted by molar-refractivity contribution is -0.294. The van der Waals surface area contributed by atoms with Crippen molar-refractivity contribution in [2.24, 2.45) is 0 Å². The highest BCUT2D eigenvalue weighted by Gasteiger charge is 2.46. The number of allylic oxidation sites excluding steroid dienone is 5. The first-order valence-electron chi connectivity index (χ1n) is 6.87. The lowest BCUT2D eigenvalue weighted by Crippen LogP contribution is -2.64. The molecule has 2 aliphatic rings. The molecular formula is C15H26N2O. The van der Waals surface area contributed by atoms with Gasteiger partial charge in [0.05, 0.1) is 0 Å². The molecule has 2 fully saturated rings. The van der Waals surface area contributed by atoms with Crippen LogP contribution in [0.2, 0.25) is 0 Å². The Kier molecular flexibility index (Phi) is 6.16. The molecule has 0 saturated carbocycles. The summed E-state index contributed by atoms with van der Waals surface area (Å²) in [6.45, 7) is 12.6. The zero-order chi connectivity index (χ0) is 13.4. The molecule has 102 valence electrons. The fraction of sp³-hybridized carbons (Fsp3) is 0.600. The van der Waals surface area contributed by atoms with Crippen LogP contribution >= 0.6 is 0 Å². The summed E-state index contributed by atoms with van der Waals surface area (Å²) in [5, 5.41) is 3.37. The molecule has 0 bridgehead atoms. The maximum absolute atomic E-state index is 5.80. The van der Waals surface area contributed by atoms with E-state index in [1.807, 2.05) is 26.0 Å². The van der Waals surface area contributed by atoms with Crippen molar-refractivity contribution in [3.8, 4) is 0 Å². The van der Waals surface area contributed by atoms with Crippen molar-refractivity contribution in [1.82, 2.24) is 10.2 Å². The van der Waals surface area contributed by atoms with Gasteiger partial charge < -0.3 is 15.0 Å². The molecular weight excluding hydrogens is 224 g/mol. The summed E-state index contributed by atoms with van der Waals surface area (Å²) in [5.41, 5.74) is 1.25. The van der Waals surface area contributed by atoms with Crippen LogP contribution < -0.4 is 5.32 Å². The summed E-state index contributed by atoms with van der Waals surface area (Å²) in [5.74, 6) is 0. The van der Waals surface area contributed by atoms with Gasteiger partial charge in [-0.25, -0.2) is 0 Å². The van der Waals surface area contributed by atoms with Crippen molar-refractivity contribution in [1.29, 1.82) is 0 Å². The molecule has 0 aliphatic carbocycles. The monoisotopic (exact) mass is 250 g/mol. The van der Waals surface area contributed by atoms with E-state index < -0.39 is 0 Å². The van der Waals surface area contributed by atoms with Crippen molar-refractivity contribution in [3.63, 3.8) is 0 Å². The maximum atomic E-state index is 5.80. The molecule has 0 aromatic carbocycles. The normalized spacial score (nSPS) is 22.4. The van der Waals surface area contributed by atoms with Gasteiger partial charge in [0.1, 0.15) is 12.5 Å². The third-order valence-corrected chi connectivity index (χ3v) is 3.35. The average molecular weight is 250 g/mol. The smallest absolute Gasteiger partial charge is 0.147 e. The second kappa shape index (κ2) is 7.39. The fourth-order valence-electron chi connectivity index (χ4n) is 2.33. The van der Waals surface area contributed by atoms with E-state index in [1.54, 1.807) is 6.08 Å². The van der Waals surface area contributed by atoms with Crippen molar-refractivity contribution >= 4 is 0 Å². The molecule has 1 spiro atoms. The third-order valence-electron chi connectivity index (χ3n) is 3.35. The second-order valence-electron chi connectivity index (χ2n) is 4.33. The largest absolute Gasteiger partial charge is 0.335 e. The van der Waals surface area contributed by atoms with Gasteiger partial charge in [-0.3, -0.25) is 0 Å². The minimum absolute atomic E-state index is 0.0200. The van der Waals surface area contributed by atoms with E-state index in [0.717, 1.165) is 32.7 Å². The van der Waals surface area contributed by atoms with Crippen LogP contribution in [-0.4, -0.2) is 30.4 Å². The topological polar surface area (TPSA) is 24.5 Å². The van der Waals surface area contributed by atoms with Crippen molar-refractivity contribution < 1.29 is 4.74 Å². The van der Waals surface area contributed by atoms with E-state index in [1.165, 1.54) is 5.70 Å². The summed E-state index contributed by atoms with van der Waals surface area (Å²) >= 11 is 0. The van der Waals surface area contributed by atoms with Crippen molar-refractivity contribution in [2.75, 3.05) is 19.8 Å². The molecule has 0 atom stereocenters. The maximum Gasteiger partial charge on any atom is 0.147 e. The Morgan fingerprint density at radius 1 is 1.28 bits per heavy atom. The Balaban J connectivity index is 0.000000771. The molecule has 18 heavy (non-hydrogen) atoms. The number of hydrogen-bond acceptors (Lipinski definition) is 3. The predicted molar refractivity (Wildman–Crippen MR) is 77.1 cm³/mol. The number of hydrogen-bond donors (Lipinski definition) is 1. The summed E-state index contributed by atoms with van der Waals surface area (Å²) < 4.78 is 5.80. The zero-order valence-corrected chi connectivity index (χ0v) is 11.9. The van der Waals surface area contributed by atoms with Crippen LogP contribution in [0.15, 0.2) is 36.6 Å². The fourth-order valence-corrected chi connectivity index (χ4v) is 2.33. The second-order valence-corrected chi connectivity index (χ2v) is 4.33. The first-order chi connectivity index (χ1) is 8.78. The lowest BCUT2D eigenvalue weighted by atomic mass is 9.97. The lowest BCUT2D eigenvalue weighted by Gasteiger charge is -2.55. The van der Waals surface area contributed by atoms with Gasteiger partial charge in [-0.15, -0.1) is 0 Å². The van der Waals surface area contributed by atoms with Crippen LogP contribution in [0.1, 0.15) is 33.6 Å². The molecule has 2 saturated heterocycles. The predicted octanol–water partition coefficient (Wildman–Crippen LogP) is 3.03. The SMILES string of the molecule is C=C/C=C\C=C(/C)N1COC12CCNCC2.CC. The van der Waals surface area contributed by atoms with Crippen LogP contribution in [-0.2, 0) is 4.74 Å². The number of piperidine rings is 1. The van der Waals surface area contributed by atoms with E-state index in [-0.39, 0.29) is 5.72 Å². The van der Waals surface area contributed by atoms with Gasteiger partial charge in [0, 0.05) is 18.5 Å². The van der Waals surface area contributed by atoms with Gasteiger partial charge in [0.2, 0.25) is 0 Å². The summed E-state index contributed by atoms with van der Waals surface area (Å²) in [6.07, 6.45) is 10.0. The first kappa shape index (κ1) is 15.0. The van der Waals surface area contributed by atoms with E-state index >= 15 is 0 Å². The Bertz CT molecular complexity index is 314. The van der Waals surface area contributed by atoms with Crippen LogP contribution in [0.5, 0.6) is 0 Å². The molecule has 0 aromatic heterocycles. The van der Waals surface area contributed by atoms with E-state index in [4.69, 9.17) is 4.74 Å². The zero-order valence-electron chi connectivity index (χ0n) is 11.9. The quantitative estimate of drug-likeness (QED) is 0.779. The summed E-state index contributed by atoms with van der Waals surface area (Å²) in [4.78, 5) is 2.36. The Hall–Kier alpha value is -1.06. The van der Waals surface area contributed by atoms with Gasteiger partial charge in [-0.2, -0.15) is 0 Å².